The van der Waals surface area contributed by atoms with Gasteiger partial charge in [-0.25, -0.2) is 0 Å². The predicted molar refractivity (Wildman–Crippen MR) is 70.1 cm³/mol. The Morgan fingerprint density at radius 3 is 2.82 bits per heavy atom. The van der Waals surface area contributed by atoms with Gasteiger partial charge >= 0.3 is 0 Å². The number of amides is 1. The Morgan fingerprint density at radius 2 is 2.24 bits per heavy atom. The molecule has 3 nitrogen and oxygen atoms in total. The summed E-state index contributed by atoms with van der Waals surface area (Å²) < 4.78 is 0. The number of hydrogen-bond acceptors (Lipinski definition) is 2. The molecule has 0 N–H and O–H groups in total. The lowest BCUT2D eigenvalue weighted by molar-refractivity contribution is -0.117. The highest BCUT2D eigenvalue weighted by atomic mass is 16.2. The largest absolute Gasteiger partial charge is 0.378 e. The number of hydrogen-bond donors (Lipinski definition) is 0. The van der Waals surface area contributed by atoms with Gasteiger partial charge in [0.05, 0.1) is 0 Å². The van der Waals surface area contributed by atoms with E-state index in [1.54, 1.807) is 4.90 Å². The highest BCUT2D eigenvalue weighted by Gasteiger charge is 2.29. The molecule has 88 valence electrons. The molecule has 0 bridgehead atoms. The monoisotopic (exact) mass is 228 g/mol. The minimum absolute atomic E-state index is 0.0468. The van der Waals surface area contributed by atoms with Gasteiger partial charge in [0.2, 0.25) is 5.91 Å². The third-order valence-corrected chi connectivity index (χ3v) is 3.02. The molecule has 1 aromatic rings. The zero-order valence-corrected chi connectivity index (χ0v) is 10.2. The van der Waals surface area contributed by atoms with Crippen molar-refractivity contribution in [2.45, 2.75) is 6.42 Å². The number of benzene rings is 1. The summed E-state index contributed by atoms with van der Waals surface area (Å²) in [7, 11) is 3.96. The summed E-state index contributed by atoms with van der Waals surface area (Å²) >= 11 is 0. The summed E-state index contributed by atoms with van der Waals surface area (Å²) in [6.45, 7) is 0.631. The fourth-order valence-corrected chi connectivity index (χ4v) is 2.01. The van der Waals surface area contributed by atoms with E-state index in [-0.39, 0.29) is 11.8 Å². The fraction of sp³-hybridized carbons (Fsp3) is 0.357. The van der Waals surface area contributed by atoms with E-state index < -0.39 is 0 Å². The molecule has 1 unspecified atom stereocenters. The van der Waals surface area contributed by atoms with Crippen LogP contribution in [0.25, 0.3) is 0 Å². The lowest BCUT2D eigenvalue weighted by Gasteiger charge is -2.19. The third kappa shape index (κ3) is 2.26. The second-order valence-electron chi connectivity index (χ2n) is 4.49. The smallest absolute Gasteiger partial charge is 0.228 e. The Hall–Kier alpha value is -1.95. The summed E-state index contributed by atoms with van der Waals surface area (Å²) in [5, 5.41) is 0. The van der Waals surface area contributed by atoms with Crippen LogP contribution in [0.4, 0.5) is 11.4 Å². The molecular weight excluding hydrogens is 212 g/mol. The average molecular weight is 228 g/mol. The molecule has 0 aromatic heterocycles. The van der Waals surface area contributed by atoms with Crippen LogP contribution in [0.2, 0.25) is 0 Å². The van der Waals surface area contributed by atoms with Gasteiger partial charge in [-0.3, -0.25) is 4.79 Å². The Morgan fingerprint density at radius 1 is 1.47 bits per heavy atom. The first kappa shape index (κ1) is 11.5. The SMILES string of the molecule is C#CC1CC(=O)N(c2cccc(N(C)C)c2)C1. The number of carbonyl (C=O) groups is 1. The summed E-state index contributed by atoms with van der Waals surface area (Å²) in [4.78, 5) is 15.6. The van der Waals surface area contributed by atoms with E-state index in [9.17, 15) is 4.79 Å². The normalized spacial score (nSPS) is 19.2. The molecule has 1 atom stereocenters. The van der Waals surface area contributed by atoms with Crippen LogP contribution < -0.4 is 9.80 Å². The van der Waals surface area contributed by atoms with Crippen LogP contribution in [0, 0.1) is 18.3 Å². The van der Waals surface area contributed by atoms with Crippen LogP contribution in [-0.2, 0) is 4.79 Å². The molecule has 1 aliphatic heterocycles. The van der Waals surface area contributed by atoms with Gasteiger partial charge in [0, 0.05) is 44.4 Å². The number of carbonyl (C=O) groups excluding carboxylic acids is 1. The average Bonchev–Trinajstić information content (AvgIpc) is 2.71. The molecule has 1 amide bonds. The van der Waals surface area contributed by atoms with Gasteiger partial charge in [0.1, 0.15) is 0 Å². The van der Waals surface area contributed by atoms with Crippen molar-refractivity contribution in [2.75, 3.05) is 30.4 Å². The second kappa shape index (κ2) is 4.50. The summed E-state index contributed by atoms with van der Waals surface area (Å²) in [5.74, 6) is 2.82. The highest BCUT2D eigenvalue weighted by Crippen LogP contribution is 2.27. The number of rotatable bonds is 2. The molecule has 0 spiro atoms. The van der Waals surface area contributed by atoms with Crippen molar-refractivity contribution in [3.63, 3.8) is 0 Å². The van der Waals surface area contributed by atoms with Crippen LogP contribution in [-0.4, -0.2) is 26.5 Å². The molecule has 17 heavy (non-hydrogen) atoms. The molecule has 0 radical (unpaired) electrons. The predicted octanol–water partition coefficient (Wildman–Crippen LogP) is 1.74. The van der Waals surface area contributed by atoms with Crippen LogP contribution in [0.5, 0.6) is 0 Å². The van der Waals surface area contributed by atoms with Gasteiger partial charge < -0.3 is 9.80 Å². The number of anilines is 2. The van der Waals surface area contributed by atoms with Gasteiger partial charge in [-0.15, -0.1) is 12.3 Å². The van der Waals surface area contributed by atoms with Gasteiger partial charge in [-0.1, -0.05) is 6.07 Å². The Kier molecular flexibility index (Phi) is 3.06. The van der Waals surface area contributed by atoms with Gasteiger partial charge in [-0.05, 0) is 18.2 Å². The van der Waals surface area contributed by atoms with Crippen LogP contribution in [0.1, 0.15) is 6.42 Å². The van der Waals surface area contributed by atoms with Crippen molar-refractivity contribution in [3.05, 3.63) is 24.3 Å². The number of terminal acetylenes is 1. The second-order valence-corrected chi connectivity index (χ2v) is 4.49. The molecular formula is C14H16N2O. The molecule has 1 saturated heterocycles. The standard InChI is InChI=1S/C14H16N2O/c1-4-11-8-14(17)16(10-11)13-7-5-6-12(9-13)15(2)3/h1,5-7,9,11H,8,10H2,2-3H3. The number of nitrogens with zero attached hydrogens (tertiary/aromatic N) is 2. The van der Waals surface area contributed by atoms with Crippen LogP contribution in [0.3, 0.4) is 0 Å². The molecule has 1 heterocycles. The summed E-state index contributed by atoms with van der Waals surface area (Å²) in [6, 6.07) is 7.93. The van der Waals surface area contributed by atoms with Crippen molar-refractivity contribution in [2.24, 2.45) is 5.92 Å². The van der Waals surface area contributed by atoms with Crippen molar-refractivity contribution >= 4 is 17.3 Å². The topological polar surface area (TPSA) is 23.6 Å². The Labute approximate surface area is 102 Å². The lowest BCUT2D eigenvalue weighted by atomic mass is 10.1. The van der Waals surface area contributed by atoms with Crippen molar-refractivity contribution < 1.29 is 4.79 Å². The third-order valence-electron chi connectivity index (χ3n) is 3.02. The van der Waals surface area contributed by atoms with Crippen molar-refractivity contribution in [1.29, 1.82) is 0 Å². The van der Waals surface area contributed by atoms with Gasteiger partial charge in [-0.2, -0.15) is 0 Å². The van der Waals surface area contributed by atoms with E-state index >= 15 is 0 Å². The van der Waals surface area contributed by atoms with Crippen LogP contribution in [0.15, 0.2) is 24.3 Å². The molecule has 1 aliphatic rings. The Bertz CT molecular complexity index is 473. The van der Waals surface area contributed by atoms with E-state index in [4.69, 9.17) is 6.42 Å². The maximum Gasteiger partial charge on any atom is 0.228 e. The van der Waals surface area contributed by atoms with Crippen molar-refractivity contribution in [3.8, 4) is 12.3 Å². The van der Waals surface area contributed by atoms with E-state index in [2.05, 4.69) is 5.92 Å². The van der Waals surface area contributed by atoms with E-state index in [0.29, 0.717) is 13.0 Å². The van der Waals surface area contributed by atoms with Gasteiger partial charge in [0.25, 0.3) is 0 Å². The maximum absolute atomic E-state index is 11.8. The minimum Gasteiger partial charge on any atom is -0.378 e. The molecule has 2 rings (SSSR count). The molecule has 3 heteroatoms. The minimum atomic E-state index is 0.0468. The van der Waals surface area contributed by atoms with Crippen LogP contribution >= 0.6 is 0 Å². The first-order valence-corrected chi connectivity index (χ1v) is 5.65. The first-order valence-electron chi connectivity index (χ1n) is 5.65. The van der Waals surface area contributed by atoms with E-state index in [1.807, 2.05) is 43.3 Å². The molecule has 0 saturated carbocycles. The molecule has 0 aliphatic carbocycles. The van der Waals surface area contributed by atoms with E-state index in [1.165, 1.54) is 0 Å². The van der Waals surface area contributed by atoms with Crippen molar-refractivity contribution in [1.82, 2.24) is 0 Å². The fourth-order valence-electron chi connectivity index (χ4n) is 2.01. The zero-order chi connectivity index (χ0) is 12.4. The first-order chi connectivity index (χ1) is 8.11. The highest BCUT2D eigenvalue weighted by molar-refractivity contribution is 5.96. The Balaban J connectivity index is 2.26. The van der Waals surface area contributed by atoms with Gasteiger partial charge in [0.15, 0.2) is 0 Å². The quantitative estimate of drug-likeness (QED) is 0.720. The molecule has 1 aromatic carbocycles. The zero-order valence-electron chi connectivity index (χ0n) is 10.2. The molecule has 1 fully saturated rings. The van der Waals surface area contributed by atoms with E-state index in [0.717, 1.165) is 11.4 Å². The lowest BCUT2D eigenvalue weighted by Crippen LogP contribution is -2.24. The summed E-state index contributed by atoms with van der Waals surface area (Å²) in [5.41, 5.74) is 2.01. The maximum atomic E-state index is 11.8. The summed E-state index contributed by atoms with van der Waals surface area (Å²) in [6.07, 6.45) is 5.84.